The first kappa shape index (κ1) is 22.2. The summed E-state index contributed by atoms with van der Waals surface area (Å²) in [5, 5.41) is 9.26. The molecule has 0 aliphatic carbocycles. The highest BCUT2D eigenvalue weighted by Crippen LogP contribution is 2.20. The molecule has 0 fully saturated rings. The van der Waals surface area contributed by atoms with Crippen molar-refractivity contribution in [2.75, 3.05) is 12.9 Å². The number of hydrogen-bond acceptors (Lipinski definition) is 6. The lowest BCUT2D eigenvalue weighted by molar-refractivity contribution is 0.0694. The lowest BCUT2D eigenvalue weighted by atomic mass is 10.1. The number of carboxylic acids is 1. The van der Waals surface area contributed by atoms with Crippen molar-refractivity contribution in [2.24, 2.45) is 0 Å². The standard InChI is InChI=1S/C23H22O7S/c1-31(26,27)30-20-11-9-19(10-12-20)28-14-13-17-5-4-7-21(15-17)29-16-18-6-2-3-8-22(18)23(24)25/h2-12,15H,13-14,16H2,1H3,(H,24,25). The second kappa shape index (κ2) is 9.99. The van der Waals surface area contributed by atoms with Crippen LogP contribution < -0.4 is 13.7 Å². The highest BCUT2D eigenvalue weighted by molar-refractivity contribution is 7.86. The lowest BCUT2D eigenvalue weighted by Gasteiger charge is -2.11. The van der Waals surface area contributed by atoms with Crippen LogP contribution in [0.15, 0.2) is 72.8 Å². The van der Waals surface area contributed by atoms with Crippen LogP contribution in [-0.4, -0.2) is 32.4 Å². The minimum absolute atomic E-state index is 0.157. The molecule has 3 aromatic carbocycles. The SMILES string of the molecule is CS(=O)(=O)Oc1ccc(OCCc2cccc(OCc3ccccc3C(=O)O)c2)cc1. The Kier molecular flexibility index (Phi) is 7.15. The first-order valence-electron chi connectivity index (χ1n) is 9.45. The van der Waals surface area contributed by atoms with E-state index in [-0.39, 0.29) is 17.9 Å². The van der Waals surface area contributed by atoms with Crippen molar-refractivity contribution in [3.8, 4) is 17.2 Å². The van der Waals surface area contributed by atoms with Gasteiger partial charge in [0.05, 0.1) is 18.4 Å². The van der Waals surface area contributed by atoms with E-state index in [0.717, 1.165) is 11.8 Å². The lowest BCUT2D eigenvalue weighted by Crippen LogP contribution is -2.06. The van der Waals surface area contributed by atoms with Crippen LogP contribution in [0.5, 0.6) is 17.2 Å². The summed E-state index contributed by atoms with van der Waals surface area (Å²) >= 11 is 0. The fourth-order valence-corrected chi connectivity index (χ4v) is 3.32. The third kappa shape index (κ3) is 7.04. The van der Waals surface area contributed by atoms with Crippen molar-refractivity contribution in [1.82, 2.24) is 0 Å². The van der Waals surface area contributed by atoms with Gasteiger partial charge in [0.15, 0.2) is 0 Å². The zero-order valence-electron chi connectivity index (χ0n) is 16.9. The van der Waals surface area contributed by atoms with Crippen molar-refractivity contribution >= 4 is 16.1 Å². The molecule has 0 aliphatic heterocycles. The maximum absolute atomic E-state index is 11.3. The minimum atomic E-state index is -3.56. The Bertz CT molecular complexity index is 1140. The maximum Gasteiger partial charge on any atom is 0.336 e. The van der Waals surface area contributed by atoms with Gasteiger partial charge in [0, 0.05) is 12.0 Å². The van der Waals surface area contributed by atoms with Crippen LogP contribution in [0.3, 0.4) is 0 Å². The number of carbonyl (C=O) groups is 1. The van der Waals surface area contributed by atoms with Gasteiger partial charge in [0.25, 0.3) is 0 Å². The molecule has 3 aromatic rings. The second-order valence-electron chi connectivity index (χ2n) is 6.76. The van der Waals surface area contributed by atoms with Crippen molar-refractivity contribution in [3.05, 3.63) is 89.5 Å². The van der Waals surface area contributed by atoms with Crippen molar-refractivity contribution in [1.29, 1.82) is 0 Å². The van der Waals surface area contributed by atoms with Crippen molar-refractivity contribution < 1.29 is 32.0 Å². The zero-order valence-corrected chi connectivity index (χ0v) is 17.7. The molecule has 31 heavy (non-hydrogen) atoms. The molecule has 8 heteroatoms. The molecule has 0 bridgehead atoms. The summed E-state index contributed by atoms with van der Waals surface area (Å²) < 4.78 is 38.5. The average Bonchev–Trinajstić information content (AvgIpc) is 2.73. The molecule has 0 radical (unpaired) electrons. The van der Waals surface area contributed by atoms with Crippen LogP contribution in [0, 0.1) is 0 Å². The summed E-state index contributed by atoms with van der Waals surface area (Å²) in [6.07, 6.45) is 1.62. The Morgan fingerprint density at radius 1 is 0.871 bits per heavy atom. The predicted octanol–water partition coefficient (Wildman–Crippen LogP) is 3.92. The van der Waals surface area contributed by atoms with Crippen LogP contribution in [-0.2, 0) is 23.1 Å². The molecule has 0 heterocycles. The van der Waals surface area contributed by atoms with Crippen LogP contribution in [0.1, 0.15) is 21.5 Å². The molecule has 0 atom stereocenters. The molecule has 0 spiro atoms. The van der Waals surface area contributed by atoms with Crippen molar-refractivity contribution in [3.63, 3.8) is 0 Å². The van der Waals surface area contributed by atoms with E-state index in [9.17, 15) is 18.3 Å². The largest absolute Gasteiger partial charge is 0.493 e. The van der Waals surface area contributed by atoms with Gasteiger partial charge in [-0.15, -0.1) is 0 Å². The first-order valence-corrected chi connectivity index (χ1v) is 11.3. The smallest absolute Gasteiger partial charge is 0.336 e. The van der Waals surface area contributed by atoms with Crippen LogP contribution >= 0.6 is 0 Å². The molecule has 0 aliphatic rings. The Labute approximate surface area is 181 Å². The van der Waals surface area contributed by atoms with E-state index in [1.807, 2.05) is 24.3 Å². The Morgan fingerprint density at radius 2 is 1.58 bits per heavy atom. The highest BCUT2D eigenvalue weighted by atomic mass is 32.2. The van der Waals surface area contributed by atoms with Crippen molar-refractivity contribution in [2.45, 2.75) is 13.0 Å². The van der Waals surface area contributed by atoms with E-state index >= 15 is 0 Å². The summed E-state index contributed by atoms with van der Waals surface area (Å²) in [6.45, 7) is 0.571. The molecule has 0 saturated carbocycles. The Morgan fingerprint density at radius 3 is 2.29 bits per heavy atom. The number of hydrogen-bond donors (Lipinski definition) is 1. The summed E-state index contributed by atoms with van der Waals surface area (Å²) in [6, 6.07) is 20.6. The summed E-state index contributed by atoms with van der Waals surface area (Å²) in [7, 11) is -3.56. The van der Waals surface area contributed by atoms with Gasteiger partial charge in [-0.2, -0.15) is 8.42 Å². The molecule has 1 N–H and O–H groups in total. The fourth-order valence-electron chi connectivity index (χ4n) is 2.86. The summed E-state index contributed by atoms with van der Waals surface area (Å²) in [5.74, 6) is 0.476. The number of rotatable bonds is 10. The van der Waals surface area contributed by atoms with Gasteiger partial charge in [-0.25, -0.2) is 4.79 Å². The van der Waals surface area contributed by atoms with Gasteiger partial charge in [-0.3, -0.25) is 0 Å². The van der Waals surface area contributed by atoms with E-state index < -0.39 is 16.1 Å². The second-order valence-corrected chi connectivity index (χ2v) is 8.33. The molecule has 0 saturated heterocycles. The maximum atomic E-state index is 11.3. The molecule has 7 nitrogen and oxygen atoms in total. The van der Waals surface area contributed by atoms with Gasteiger partial charge in [-0.05, 0) is 48.0 Å². The third-order valence-electron chi connectivity index (χ3n) is 4.27. The number of aromatic carboxylic acids is 1. The van der Waals surface area contributed by atoms with Gasteiger partial charge in [0.1, 0.15) is 23.9 Å². The summed E-state index contributed by atoms with van der Waals surface area (Å²) in [5.41, 5.74) is 1.83. The van der Waals surface area contributed by atoms with E-state index in [0.29, 0.717) is 30.1 Å². The number of carboxylic acid groups (broad SMARTS) is 1. The molecule has 3 rings (SSSR count). The third-order valence-corrected chi connectivity index (χ3v) is 4.77. The van der Waals surface area contributed by atoms with E-state index in [1.54, 1.807) is 36.4 Å². The fraction of sp³-hybridized carbons (Fsp3) is 0.174. The van der Waals surface area contributed by atoms with Crippen LogP contribution in [0.4, 0.5) is 0 Å². The minimum Gasteiger partial charge on any atom is -0.493 e. The van der Waals surface area contributed by atoms with Gasteiger partial charge < -0.3 is 18.8 Å². The van der Waals surface area contributed by atoms with Gasteiger partial charge in [-0.1, -0.05) is 30.3 Å². The molecule has 0 aromatic heterocycles. The van der Waals surface area contributed by atoms with E-state index in [4.69, 9.17) is 13.7 Å². The number of benzene rings is 3. The Balaban J connectivity index is 1.52. The normalized spacial score (nSPS) is 11.0. The summed E-state index contributed by atoms with van der Waals surface area (Å²) in [4.78, 5) is 11.3. The van der Waals surface area contributed by atoms with Crippen LogP contribution in [0.25, 0.3) is 0 Å². The van der Waals surface area contributed by atoms with E-state index in [2.05, 4.69) is 0 Å². The first-order chi connectivity index (χ1) is 14.8. The molecular formula is C23H22O7S. The Hall–Kier alpha value is -3.52. The highest BCUT2D eigenvalue weighted by Gasteiger charge is 2.09. The average molecular weight is 442 g/mol. The zero-order chi connectivity index (χ0) is 22.3. The molecule has 162 valence electrons. The van der Waals surface area contributed by atoms with E-state index in [1.165, 1.54) is 12.1 Å². The molecule has 0 unspecified atom stereocenters. The van der Waals surface area contributed by atoms with Gasteiger partial charge in [0.2, 0.25) is 0 Å². The van der Waals surface area contributed by atoms with Crippen LogP contribution in [0.2, 0.25) is 0 Å². The van der Waals surface area contributed by atoms with Gasteiger partial charge >= 0.3 is 16.1 Å². The molecular weight excluding hydrogens is 420 g/mol. The quantitative estimate of drug-likeness (QED) is 0.475. The monoisotopic (exact) mass is 442 g/mol. The predicted molar refractivity (Wildman–Crippen MR) is 115 cm³/mol. The number of ether oxygens (including phenoxy) is 2. The topological polar surface area (TPSA) is 99.1 Å². The molecule has 0 amide bonds.